The molecule has 1 unspecified atom stereocenters. The predicted molar refractivity (Wildman–Crippen MR) is 56.1 cm³/mol. The second kappa shape index (κ2) is 4.93. The summed E-state index contributed by atoms with van der Waals surface area (Å²) in [5.41, 5.74) is 6.03. The zero-order chi connectivity index (χ0) is 10.6. The maximum Gasteiger partial charge on any atom is 0.241 e. The van der Waals surface area contributed by atoms with Crippen LogP contribution < -0.4 is 11.1 Å². The number of anilines is 1. The Morgan fingerprint density at radius 3 is 3.07 bits per heavy atom. The van der Waals surface area contributed by atoms with Gasteiger partial charge < -0.3 is 11.1 Å². The summed E-state index contributed by atoms with van der Waals surface area (Å²) >= 11 is 5.75. The summed E-state index contributed by atoms with van der Waals surface area (Å²) in [6, 6.07) is 2.86. The Labute approximate surface area is 87.5 Å². The third kappa shape index (κ3) is 2.68. The average molecular weight is 214 g/mol. The molecule has 0 aliphatic heterocycles. The summed E-state index contributed by atoms with van der Waals surface area (Å²) in [4.78, 5) is 15.2. The first-order valence-electron chi connectivity index (χ1n) is 4.32. The number of nitrogens with one attached hydrogen (secondary N) is 1. The summed E-state index contributed by atoms with van der Waals surface area (Å²) in [7, 11) is 0. The Hall–Kier alpha value is -1.13. The van der Waals surface area contributed by atoms with Crippen molar-refractivity contribution in [3.63, 3.8) is 0 Å². The second-order valence-electron chi connectivity index (χ2n) is 2.85. The SMILES string of the molecule is CCC(N)C(=O)Nc1cccnc1Cl. The molecular weight excluding hydrogens is 202 g/mol. The van der Waals surface area contributed by atoms with Crippen molar-refractivity contribution in [3.05, 3.63) is 23.5 Å². The average Bonchev–Trinajstić information content (AvgIpc) is 2.20. The van der Waals surface area contributed by atoms with Gasteiger partial charge in [0.05, 0.1) is 11.7 Å². The fourth-order valence-electron chi connectivity index (χ4n) is 0.890. The quantitative estimate of drug-likeness (QED) is 0.746. The summed E-state index contributed by atoms with van der Waals surface area (Å²) in [5, 5.41) is 2.87. The van der Waals surface area contributed by atoms with E-state index in [4.69, 9.17) is 17.3 Å². The molecule has 0 saturated heterocycles. The smallest absolute Gasteiger partial charge is 0.241 e. The normalized spacial score (nSPS) is 12.2. The van der Waals surface area contributed by atoms with Crippen LogP contribution in [-0.2, 0) is 4.79 Å². The maximum absolute atomic E-state index is 11.4. The molecule has 4 nitrogen and oxygen atoms in total. The molecule has 1 amide bonds. The van der Waals surface area contributed by atoms with Gasteiger partial charge in [0.15, 0.2) is 5.15 Å². The number of hydrogen-bond acceptors (Lipinski definition) is 3. The molecule has 5 heteroatoms. The largest absolute Gasteiger partial charge is 0.322 e. The number of carbonyl (C=O) groups excluding carboxylic acids is 1. The van der Waals surface area contributed by atoms with Gasteiger partial charge in [0.25, 0.3) is 0 Å². The van der Waals surface area contributed by atoms with Gasteiger partial charge in [0.1, 0.15) is 0 Å². The van der Waals surface area contributed by atoms with Crippen LogP contribution >= 0.6 is 11.6 Å². The van der Waals surface area contributed by atoms with Gasteiger partial charge in [-0.15, -0.1) is 0 Å². The monoisotopic (exact) mass is 213 g/mol. The summed E-state index contributed by atoms with van der Waals surface area (Å²) in [5.74, 6) is -0.248. The topological polar surface area (TPSA) is 68.0 Å². The minimum Gasteiger partial charge on any atom is -0.322 e. The number of pyridine rings is 1. The molecule has 76 valence electrons. The van der Waals surface area contributed by atoms with Crippen molar-refractivity contribution in [1.82, 2.24) is 4.98 Å². The number of rotatable bonds is 3. The first kappa shape index (κ1) is 10.9. The van der Waals surface area contributed by atoms with E-state index in [2.05, 4.69) is 10.3 Å². The first-order valence-corrected chi connectivity index (χ1v) is 4.70. The highest BCUT2D eigenvalue weighted by Gasteiger charge is 2.12. The molecule has 1 rings (SSSR count). The Morgan fingerprint density at radius 2 is 2.50 bits per heavy atom. The molecule has 1 atom stereocenters. The van der Waals surface area contributed by atoms with E-state index in [-0.39, 0.29) is 11.1 Å². The lowest BCUT2D eigenvalue weighted by Gasteiger charge is -2.10. The highest BCUT2D eigenvalue weighted by Crippen LogP contribution is 2.17. The van der Waals surface area contributed by atoms with E-state index in [1.54, 1.807) is 18.3 Å². The van der Waals surface area contributed by atoms with Gasteiger partial charge in [-0.1, -0.05) is 18.5 Å². The zero-order valence-electron chi connectivity index (χ0n) is 7.83. The third-order valence-electron chi connectivity index (χ3n) is 1.79. The van der Waals surface area contributed by atoms with E-state index in [1.807, 2.05) is 6.92 Å². The van der Waals surface area contributed by atoms with E-state index < -0.39 is 6.04 Å². The summed E-state index contributed by atoms with van der Waals surface area (Å²) < 4.78 is 0. The number of hydrogen-bond donors (Lipinski definition) is 2. The van der Waals surface area contributed by atoms with E-state index in [0.29, 0.717) is 12.1 Å². The Morgan fingerprint density at radius 1 is 1.79 bits per heavy atom. The van der Waals surface area contributed by atoms with Crippen molar-refractivity contribution < 1.29 is 4.79 Å². The van der Waals surface area contributed by atoms with Crippen LogP contribution in [0, 0.1) is 0 Å². The maximum atomic E-state index is 11.4. The molecule has 0 radical (unpaired) electrons. The van der Waals surface area contributed by atoms with Crippen molar-refractivity contribution in [2.24, 2.45) is 5.73 Å². The second-order valence-corrected chi connectivity index (χ2v) is 3.20. The van der Waals surface area contributed by atoms with E-state index in [0.717, 1.165) is 0 Å². The molecular formula is C9H12ClN3O. The zero-order valence-corrected chi connectivity index (χ0v) is 8.58. The van der Waals surface area contributed by atoms with Crippen LogP contribution in [0.25, 0.3) is 0 Å². The number of aromatic nitrogens is 1. The highest BCUT2D eigenvalue weighted by atomic mass is 35.5. The van der Waals surface area contributed by atoms with Crippen molar-refractivity contribution in [2.75, 3.05) is 5.32 Å². The van der Waals surface area contributed by atoms with Gasteiger partial charge in [-0.25, -0.2) is 4.98 Å². The highest BCUT2D eigenvalue weighted by molar-refractivity contribution is 6.32. The fraction of sp³-hybridized carbons (Fsp3) is 0.333. The molecule has 0 aromatic carbocycles. The van der Waals surface area contributed by atoms with Gasteiger partial charge in [0, 0.05) is 6.20 Å². The lowest BCUT2D eigenvalue weighted by Crippen LogP contribution is -2.34. The van der Waals surface area contributed by atoms with Gasteiger partial charge in [0.2, 0.25) is 5.91 Å². The Balaban J connectivity index is 2.70. The predicted octanol–water partition coefficient (Wildman–Crippen LogP) is 1.41. The number of halogens is 1. The van der Waals surface area contributed by atoms with Crippen molar-refractivity contribution >= 4 is 23.2 Å². The minimum absolute atomic E-state index is 0.248. The molecule has 0 spiro atoms. The van der Waals surface area contributed by atoms with Crippen molar-refractivity contribution in [1.29, 1.82) is 0 Å². The van der Waals surface area contributed by atoms with Gasteiger partial charge in [-0.2, -0.15) is 0 Å². The lowest BCUT2D eigenvalue weighted by molar-refractivity contribution is -0.117. The van der Waals surface area contributed by atoms with Crippen LogP contribution in [0.1, 0.15) is 13.3 Å². The van der Waals surface area contributed by atoms with E-state index >= 15 is 0 Å². The molecule has 14 heavy (non-hydrogen) atoms. The van der Waals surface area contributed by atoms with E-state index in [9.17, 15) is 4.79 Å². The molecule has 1 aromatic rings. The van der Waals surface area contributed by atoms with Crippen molar-refractivity contribution in [3.8, 4) is 0 Å². The van der Waals surface area contributed by atoms with Gasteiger partial charge >= 0.3 is 0 Å². The molecule has 3 N–H and O–H groups in total. The fourth-order valence-corrected chi connectivity index (χ4v) is 1.06. The number of nitrogens with two attached hydrogens (primary N) is 1. The Bertz CT molecular complexity index is 330. The van der Waals surface area contributed by atoms with Crippen LogP contribution in [0.3, 0.4) is 0 Å². The van der Waals surface area contributed by atoms with Crippen LogP contribution in [0.4, 0.5) is 5.69 Å². The third-order valence-corrected chi connectivity index (χ3v) is 2.09. The molecule has 0 aliphatic rings. The van der Waals surface area contributed by atoms with Gasteiger partial charge in [-0.05, 0) is 18.6 Å². The molecule has 1 aromatic heterocycles. The summed E-state index contributed by atoms with van der Waals surface area (Å²) in [6.07, 6.45) is 2.14. The Kier molecular flexibility index (Phi) is 3.85. The van der Waals surface area contributed by atoms with Crippen LogP contribution in [0.2, 0.25) is 5.15 Å². The molecule has 0 bridgehead atoms. The first-order chi connectivity index (χ1) is 6.65. The molecule has 1 heterocycles. The summed E-state index contributed by atoms with van der Waals surface area (Å²) in [6.45, 7) is 1.84. The van der Waals surface area contributed by atoms with Crippen molar-refractivity contribution in [2.45, 2.75) is 19.4 Å². The minimum atomic E-state index is -0.508. The van der Waals surface area contributed by atoms with Gasteiger partial charge in [-0.3, -0.25) is 4.79 Å². The lowest BCUT2D eigenvalue weighted by atomic mass is 10.2. The number of nitrogens with zero attached hydrogens (tertiary/aromatic N) is 1. The molecule has 0 saturated carbocycles. The number of amides is 1. The van der Waals surface area contributed by atoms with Crippen LogP contribution in [0.5, 0.6) is 0 Å². The van der Waals surface area contributed by atoms with Crippen LogP contribution in [0.15, 0.2) is 18.3 Å². The standard InChI is InChI=1S/C9H12ClN3O/c1-2-6(11)9(14)13-7-4-3-5-12-8(7)10/h3-6H,2,11H2,1H3,(H,13,14). The van der Waals surface area contributed by atoms with Crippen LogP contribution in [-0.4, -0.2) is 16.9 Å². The molecule has 0 aliphatic carbocycles. The van der Waals surface area contributed by atoms with E-state index in [1.165, 1.54) is 0 Å². The number of carbonyl (C=O) groups is 1. The molecule has 0 fully saturated rings.